The normalized spacial score (nSPS) is 12.1. The van der Waals surface area contributed by atoms with Crippen LogP contribution in [0.4, 0.5) is 11.4 Å². The van der Waals surface area contributed by atoms with E-state index in [2.05, 4.69) is 40.5 Å². The summed E-state index contributed by atoms with van der Waals surface area (Å²) in [5, 5.41) is 8.09. The number of rotatable bonds is 9. The van der Waals surface area contributed by atoms with Gasteiger partial charge in [0.1, 0.15) is 5.65 Å². The Morgan fingerprint density at radius 3 is 2.76 bits per heavy atom. The minimum atomic E-state index is -0.519. The number of aromatic amines is 1. The number of nitrogens with zero attached hydrogens (tertiary/aromatic N) is 2. The number of amides is 1. The maximum absolute atomic E-state index is 12.9. The molecule has 0 spiro atoms. The fraction of sp³-hybridized carbons (Fsp3) is 0.346. The first-order valence-electron chi connectivity index (χ1n) is 11.6. The second-order valence-corrected chi connectivity index (χ2v) is 8.65. The Hall–Kier alpha value is -3.81. The van der Waals surface area contributed by atoms with E-state index in [1.807, 2.05) is 35.0 Å². The molecule has 0 aliphatic carbocycles. The van der Waals surface area contributed by atoms with Crippen molar-refractivity contribution >= 4 is 45.2 Å². The van der Waals surface area contributed by atoms with Gasteiger partial charge in [-0.3, -0.25) is 4.79 Å². The largest absolute Gasteiger partial charge is 0.464 e. The molecule has 0 saturated carbocycles. The van der Waals surface area contributed by atoms with Crippen LogP contribution in [0, 0.1) is 5.92 Å². The minimum absolute atomic E-state index is 0.265. The second-order valence-electron chi connectivity index (χ2n) is 8.65. The standard InChI is InChI=1S/C26H31N5O3/c1-5-16(2)13-27-19-12-21-23(30-17(3)32)24(26(33)34-4)31(25(21)29-15-19)11-10-18-14-28-22-9-7-6-8-20(18)22/h6-9,12,14-16,27-28H,5,10-11,13H2,1-4H3,(H,30,32)/t16-/m1/s1. The van der Waals surface area contributed by atoms with Crippen molar-refractivity contribution in [1.82, 2.24) is 14.5 Å². The molecule has 0 saturated heterocycles. The highest BCUT2D eigenvalue weighted by molar-refractivity contribution is 6.11. The average Bonchev–Trinajstić information content (AvgIpc) is 3.39. The molecule has 8 nitrogen and oxygen atoms in total. The molecule has 0 aliphatic heterocycles. The van der Waals surface area contributed by atoms with E-state index in [0.717, 1.165) is 35.1 Å². The Morgan fingerprint density at radius 2 is 2.03 bits per heavy atom. The first-order valence-corrected chi connectivity index (χ1v) is 11.6. The molecule has 0 fully saturated rings. The summed E-state index contributed by atoms with van der Waals surface area (Å²) in [5.74, 6) is -0.273. The first-order chi connectivity index (χ1) is 16.4. The van der Waals surface area contributed by atoms with Crippen molar-refractivity contribution in [3.63, 3.8) is 0 Å². The predicted molar refractivity (Wildman–Crippen MR) is 135 cm³/mol. The van der Waals surface area contributed by atoms with Crippen LogP contribution < -0.4 is 10.6 Å². The van der Waals surface area contributed by atoms with Crippen molar-refractivity contribution < 1.29 is 14.3 Å². The number of esters is 1. The SMILES string of the molecule is CC[C@@H](C)CNc1cnc2c(c1)c(NC(C)=O)c(C(=O)OC)n2CCc1c[nH]c2ccccc12. The van der Waals surface area contributed by atoms with E-state index in [9.17, 15) is 9.59 Å². The van der Waals surface area contributed by atoms with Crippen LogP contribution in [0.5, 0.6) is 0 Å². The van der Waals surface area contributed by atoms with E-state index >= 15 is 0 Å². The van der Waals surface area contributed by atoms with Gasteiger partial charge in [0.2, 0.25) is 5.91 Å². The number of methoxy groups -OCH3 is 1. The lowest BCUT2D eigenvalue weighted by molar-refractivity contribution is -0.114. The van der Waals surface area contributed by atoms with Crippen molar-refractivity contribution in [3.8, 4) is 0 Å². The molecule has 3 aromatic heterocycles. The lowest BCUT2D eigenvalue weighted by atomic mass is 10.1. The van der Waals surface area contributed by atoms with Gasteiger partial charge in [-0.25, -0.2) is 9.78 Å². The van der Waals surface area contributed by atoms with Crippen molar-refractivity contribution in [2.45, 2.75) is 40.2 Å². The van der Waals surface area contributed by atoms with Crippen molar-refractivity contribution in [2.24, 2.45) is 5.92 Å². The summed E-state index contributed by atoms with van der Waals surface area (Å²) < 4.78 is 6.94. The van der Waals surface area contributed by atoms with Crippen molar-refractivity contribution in [3.05, 3.63) is 54.0 Å². The number of hydrogen-bond donors (Lipinski definition) is 3. The molecule has 4 rings (SSSR count). The number of aryl methyl sites for hydroxylation is 2. The molecule has 1 amide bonds. The van der Waals surface area contributed by atoms with Gasteiger partial charge in [-0.1, -0.05) is 38.5 Å². The van der Waals surface area contributed by atoms with Gasteiger partial charge in [0, 0.05) is 42.5 Å². The summed E-state index contributed by atoms with van der Waals surface area (Å²) in [7, 11) is 1.34. The van der Waals surface area contributed by atoms with Crippen LogP contribution in [0.15, 0.2) is 42.7 Å². The molecule has 0 aliphatic rings. The molecule has 178 valence electrons. The number of para-hydroxylation sites is 1. The molecular weight excluding hydrogens is 430 g/mol. The van der Waals surface area contributed by atoms with E-state index in [1.54, 1.807) is 6.20 Å². The van der Waals surface area contributed by atoms with Gasteiger partial charge in [-0.2, -0.15) is 0 Å². The van der Waals surface area contributed by atoms with Crippen molar-refractivity contribution in [1.29, 1.82) is 0 Å². The molecule has 3 heterocycles. The highest BCUT2D eigenvalue weighted by Gasteiger charge is 2.25. The first kappa shape index (κ1) is 23.4. The van der Waals surface area contributed by atoms with E-state index in [4.69, 9.17) is 4.74 Å². The van der Waals surface area contributed by atoms with Crippen LogP contribution in [-0.2, 0) is 22.5 Å². The summed E-state index contributed by atoms with van der Waals surface area (Å²) in [6.07, 6.45) is 5.50. The molecule has 1 aromatic carbocycles. The molecule has 4 aromatic rings. The zero-order valence-corrected chi connectivity index (χ0v) is 20.1. The third-order valence-corrected chi connectivity index (χ3v) is 6.21. The van der Waals surface area contributed by atoms with E-state index in [-0.39, 0.29) is 5.91 Å². The number of hydrogen-bond acceptors (Lipinski definition) is 5. The Balaban J connectivity index is 1.78. The maximum Gasteiger partial charge on any atom is 0.356 e. The number of fused-ring (bicyclic) bond motifs is 2. The molecule has 0 radical (unpaired) electrons. The molecule has 0 bridgehead atoms. The third kappa shape index (κ3) is 4.62. The summed E-state index contributed by atoms with van der Waals surface area (Å²) in [4.78, 5) is 32.9. The molecule has 8 heteroatoms. The third-order valence-electron chi connectivity index (χ3n) is 6.21. The van der Waals surface area contributed by atoms with Gasteiger partial charge in [-0.05, 0) is 30.0 Å². The number of benzene rings is 1. The van der Waals surface area contributed by atoms with Crippen LogP contribution in [0.25, 0.3) is 21.9 Å². The molecule has 34 heavy (non-hydrogen) atoms. The lowest BCUT2D eigenvalue weighted by Crippen LogP contribution is -2.16. The van der Waals surface area contributed by atoms with Gasteiger partial charge in [-0.15, -0.1) is 0 Å². The fourth-order valence-corrected chi connectivity index (χ4v) is 4.16. The van der Waals surface area contributed by atoms with Gasteiger partial charge < -0.3 is 24.9 Å². The van der Waals surface area contributed by atoms with Crippen molar-refractivity contribution in [2.75, 3.05) is 24.3 Å². The summed E-state index contributed by atoms with van der Waals surface area (Å²) in [6, 6.07) is 10.0. The number of anilines is 2. The van der Waals surface area contributed by atoms with E-state index in [0.29, 0.717) is 41.3 Å². The van der Waals surface area contributed by atoms with Gasteiger partial charge in [0.15, 0.2) is 5.69 Å². The molecule has 3 N–H and O–H groups in total. The quantitative estimate of drug-likeness (QED) is 0.306. The number of ether oxygens (including phenoxy) is 1. The highest BCUT2D eigenvalue weighted by atomic mass is 16.5. The molecule has 1 atom stereocenters. The van der Waals surface area contributed by atoms with Gasteiger partial charge in [0.25, 0.3) is 0 Å². The predicted octanol–water partition coefficient (Wildman–Crippen LogP) is 4.96. The van der Waals surface area contributed by atoms with Crippen LogP contribution >= 0.6 is 0 Å². The lowest BCUT2D eigenvalue weighted by Gasteiger charge is -2.11. The summed E-state index contributed by atoms with van der Waals surface area (Å²) >= 11 is 0. The Kier molecular flexibility index (Phi) is 6.86. The zero-order valence-electron chi connectivity index (χ0n) is 20.1. The maximum atomic E-state index is 12.9. The van der Waals surface area contributed by atoms with Crippen LogP contribution in [-0.4, -0.2) is 40.1 Å². The number of aromatic nitrogens is 3. The second kappa shape index (κ2) is 9.99. The summed E-state index contributed by atoms with van der Waals surface area (Å²) in [5.41, 5.74) is 4.38. The van der Waals surface area contributed by atoms with E-state index in [1.165, 1.54) is 14.0 Å². The number of H-pyrrole nitrogens is 1. The molecular formula is C26H31N5O3. The fourth-order valence-electron chi connectivity index (χ4n) is 4.16. The average molecular weight is 462 g/mol. The number of carbonyl (C=O) groups excluding carboxylic acids is 2. The number of pyridine rings is 1. The monoisotopic (exact) mass is 461 g/mol. The van der Waals surface area contributed by atoms with Crippen LogP contribution in [0.2, 0.25) is 0 Å². The zero-order chi connectivity index (χ0) is 24.2. The smallest absolute Gasteiger partial charge is 0.356 e. The topological polar surface area (TPSA) is 101 Å². The van der Waals surface area contributed by atoms with Crippen LogP contribution in [0.1, 0.15) is 43.2 Å². The van der Waals surface area contributed by atoms with E-state index < -0.39 is 5.97 Å². The molecule has 0 unspecified atom stereocenters. The Labute approximate surface area is 198 Å². The Bertz CT molecular complexity index is 1340. The number of nitrogens with one attached hydrogen (secondary N) is 3. The highest BCUT2D eigenvalue weighted by Crippen LogP contribution is 2.33. The minimum Gasteiger partial charge on any atom is -0.464 e. The van der Waals surface area contributed by atoms with Crippen LogP contribution in [0.3, 0.4) is 0 Å². The Morgan fingerprint density at radius 1 is 1.24 bits per heavy atom. The van der Waals surface area contributed by atoms with Gasteiger partial charge in [0.05, 0.1) is 24.7 Å². The summed E-state index contributed by atoms with van der Waals surface area (Å²) in [6.45, 7) is 7.06. The number of carbonyl (C=O) groups is 2. The van der Waals surface area contributed by atoms with Gasteiger partial charge >= 0.3 is 5.97 Å².